The van der Waals surface area contributed by atoms with Gasteiger partial charge >= 0.3 is 6.03 Å². The molecule has 4 rings (SSSR count). The maximum absolute atomic E-state index is 13.9. The third kappa shape index (κ3) is 3.94. The fourth-order valence-corrected chi connectivity index (χ4v) is 3.57. The van der Waals surface area contributed by atoms with E-state index in [1.165, 1.54) is 12.3 Å². The Kier molecular flexibility index (Phi) is 5.16. The topological polar surface area (TPSA) is 70.2 Å². The van der Waals surface area contributed by atoms with Crippen molar-refractivity contribution in [3.63, 3.8) is 0 Å². The second-order valence-corrected chi connectivity index (χ2v) is 7.10. The molecule has 3 aromatic rings. The summed E-state index contributed by atoms with van der Waals surface area (Å²) in [7, 11) is 2.13. The molecule has 144 valence electrons. The van der Waals surface area contributed by atoms with E-state index in [-0.39, 0.29) is 5.52 Å². The van der Waals surface area contributed by atoms with E-state index in [4.69, 9.17) is 0 Å². The van der Waals surface area contributed by atoms with Crippen LogP contribution in [0.3, 0.4) is 0 Å². The summed E-state index contributed by atoms with van der Waals surface area (Å²) < 4.78 is 13.9. The molecule has 2 aromatic heterocycles. The van der Waals surface area contributed by atoms with Crippen LogP contribution in [0.4, 0.5) is 20.7 Å². The first-order valence-corrected chi connectivity index (χ1v) is 9.37. The molecule has 2 amide bonds. The molecule has 1 aliphatic heterocycles. The van der Waals surface area contributed by atoms with Gasteiger partial charge in [0.15, 0.2) is 0 Å². The molecule has 6 nitrogen and oxygen atoms in total. The fraction of sp³-hybridized carbons (Fsp3) is 0.286. The molecule has 2 N–H and O–H groups in total. The molecule has 3 heterocycles. The number of piperidine rings is 1. The number of carbonyl (C=O) groups excluding carboxylic acids is 1. The number of urea groups is 1. The van der Waals surface area contributed by atoms with Crippen molar-refractivity contribution in [3.8, 4) is 0 Å². The summed E-state index contributed by atoms with van der Waals surface area (Å²) in [6.45, 7) is 2.10. The van der Waals surface area contributed by atoms with Gasteiger partial charge in [0, 0.05) is 23.2 Å². The first-order chi connectivity index (χ1) is 13.6. The van der Waals surface area contributed by atoms with E-state index in [1.54, 1.807) is 24.3 Å². The molecule has 1 saturated heterocycles. The van der Waals surface area contributed by atoms with Gasteiger partial charge in [-0.15, -0.1) is 0 Å². The van der Waals surface area contributed by atoms with Crippen molar-refractivity contribution in [2.45, 2.75) is 18.8 Å². The number of aromatic nitrogens is 2. The molecule has 0 saturated carbocycles. The summed E-state index contributed by atoms with van der Waals surface area (Å²) >= 11 is 0. The maximum Gasteiger partial charge on any atom is 0.324 e. The number of hydrogen-bond donors (Lipinski definition) is 2. The lowest BCUT2D eigenvalue weighted by atomic mass is 9.93. The van der Waals surface area contributed by atoms with Crippen molar-refractivity contribution in [1.29, 1.82) is 0 Å². The number of hydrogen-bond acceptors (Lipinski definition) is 4. The quantitative estimate of drug-likeness (QED) is 0.715. The average molecular weight is 379 g/mol. The zero-order valence-electron chi connectivity index (χ0n) is 15.7. The minimum atomic E-state index is -0.426. The second kappa shape index (κ2) is 7.90. The molecular formula is C21H22FN5O. The number of fused-ring (bicyclic) bond motifs is 1. The van der Waals surface area contributed by atoms with Crippen LogP contribution < -0.4 is 10.6 Å². The summed E-state index contributed by atoms with van der Waals surface area (Å²) in [6, 6.07) is 11.6. The van der Waals surface area contributed by atoms with Crippen molar-refractivity contribution in [2.75, 3.05) is 30.8 Å². The molecule has 0 spiro atoms. The van der Waals surface area contributed by atoms with Crippen molar-refractivity contribution in [2.24, 2.45) is 0 Å². The standard InChI is InChI=1S/C21H22FN5O/c1-27-12-9-14(10-13-27)17-6-3-7-19(24-17)26-21(28)25-18-8-11-23-20-15(18)4-2-5-16(20)22/h2-8,11,14H,9-10,12-13H2,1H3,(H2,23,24,25,26,28). The van der Waals surface area contributed by atoms with E-state index < -0.39 is 11.8 Å². The van der Waals surface area contributed by atoms with Crippen molar-refractivity contribution in [1.82, 2.24) is 14.9 Å². The van der Waals surface area contributed by atoms with Crippen LogP contribution in [0.25, 0.3) is 10.9 Å². The third-order valence-electron chi connectivity index (χ3n) is 5.12. The maximum atomic E-state index is 13.9. The van der Waals surface area contributed by atoms with E-state index in [1.807, 2.05) is 12.1 Å². The summed E-state index contributed by atoms with van der Waals surface area (Å²) in [5.41, 5.74) is 1.72. The van der Waals surface area contributed by atoms with E-state index in [2.05, 4.69) is 32.5 Å². The number of likely N-dealkylation sites (tertiary alicyclic amines) is 1. The van der Waals surface area contributed by atoms with Gasteiger partial charge in [0.2, 0.25) is 0 Å². The number of anilines is 2. The molecule has 28 heavy (non-hydrogen) atoms. The van der Waals surface area contributed by atoms with Crippen LogP contribution in [0.5, 0.6) is 0 Å². The summed E-state index contributed by atoms with van der Waals surface area (Å²) in [6.07, 6.45) is 3.60. The van der Waals surface area contributed by atoms with Gasteiger partial charge in [0.05, 0.1) is 5.69 Å². The number of rotatable bonds is 3. The van der Waals surface area contributed by atoms with Gasteiger partial charge in [-0.1, -0.05) is 18.2 Å². The van der Waals surface area contributed by atoms with Crippen LogP contribution in [0.1, 0.15) is 24.5 Å². The van der Waals surface area contributed by atoms with Gasteiger partial charge < -0.3 is 10.2 Å². The first-order valence-electron chi connectivity index (χ1n) is 9.37. The van der Waals surface area contributed by atoms with Crippen LogP contribution in [-0.2, 0) is 0 Å². The van der Waals surface area contributed by atoms with Gasteiger partial charge in [-0.25, -0.2) is 14.2 Å². The van der Waals surface area contributed by atoms with E-state index >= 15 is 0 Å². The lowest BCUT2D eigenvalue weighted by Gasteiger charge is -2.28. The molecule has 1 aliphatic rings. The number of carbonyl (C=O) groups is 1. The minimum absolute atomic E-state index is 0.225. The SMILES string of the molecule is CN1CCC(c2cccc(NC(=O)Nc3ccnc4c(F)cccc34)n2)CC1. The smallest absolute Gasteiger partial charge is 0.307 e. The molecule has 0 radical (unpaired) electrons. The van der Waals surface area contributed by atoms with E-state index in [9.17, 15) is 9.18 Å². The predicted molar refractivity (Wildman–Crippen MR) is 108 cm³/mol. The number of halogens is 1. The lowest BCUT2D eigenvalue weighted by molar-refractivity contribution is 0.253. The number of para-hydroxylation sites is 1. The van der Waals surface area contributed by atoms with Gasteiger partial charge in [-0.3, -0.25) is 10.3 Å². The van der Waals surface area contributed by atoms with E-state index in [0.29, 0.717) is 22.8 Å². The molecule has 7 heteroatoms. The van der Waals surface area contributed by atoms with Crippen LogP contribution in [0.15, 0.2) is 48.7 Å². The first kappa shape index (κ1) is 18.3. The number of nitrogens with zero attached hydrogens (tertiary/aromatic N) is 3. The van der Waals surface area contributed by atoms with Crippen molar-refractivity contribution in [3.05, 3.63) is 60.2 Å². The fourth-order valence-electron chi connectivity index (χ4n) is 3.57. The Morgan fingerprint density at radius 2 is 1.89 bits per heavy atom. The predicted octanol–water partition coefficient (Wildman–Crippen LogP) is 4.22. The summed E-state index contributed by atoms with van der Waals surface area (Å²) in [4.78, 5) is 23.4. The zero-order valence-corrected chi connectivity index (χ0v) is 15.7. The Morgan fingerprint density at radius 3 is 2.71 bits per heavy atom. The molecular weight excluding hydrogens is 357 g/mol. The van der Waals surface area contributed by atoms with Gasteiger partial charge in [0.25, 0.3) is 0 Å². The molecule has 0 unspecified atom stereocenters. The number of benzene rings is 1. The summed E-state index contributed by atoms with van der Waals surface area (Å²) in [5.74, 6) is 0.487. The normalized spacial score (nSPS) is 15.5. The van der Waals surface area contributed by atoms with Gasteiger partial charge in [-0.05, 0) is 57.2 Å². The average Bonchev–Trinajstić information content (AvgIpc) is 2.69. The second-order valence-electron chi connectivity index (χ2n) is 7.10. The van der Waals surface area contributed by atoms with Crippen molar-refractivity contribution < 1.29 is 9.18 Å². The molecule has 1 aromatic carbocycles. The van der Waals surface area contributed by atoms with E-state index in [0.717, 1.165) is 31.6 Å². The Hall–Kier alpha value is -3.06. The number of amides is 2. The highest BCUT2D eigenvalue weighted by Gasteiger charge is 2.20. The Balaban J connectivity index is 1.47. The highest BCUT2D eigenvalue weighted by molar-refractivity contribution is 6.05. The van der Waals surface area contributed by atoms with Crippen LogP contribution >= 0.6 is 0 Å². The minimum Gasteiger partial charge on any atom is -0.307 e. The number of pyridine rings is 2. The van der Waals surface area contributed by atoms with Gasteiger partial charge in [0.1, 0.15) is 17.2 Å². The van der Waals surface area contributed by atoms with Crippen LogP contribution in [0.2, 0.25) is 0 Å². The Morgan fingerprint density at radius 1 is 1.11 bits per heavy atom. The highest BCUT2D eigenvalue weighted by atomic mass is 19.1. The van der Waals surface area contributed by atoms with Crippen LogP contribution in [0, 0.1) is 5.82 Å². The highest BCUT2D eigenvalue weighted by Crippen LogP contribution is 2.27. The van der Waals surface area contributed by atoms with Crippen molar-refractivity contribution >= 4 is 28.4 Å². The third-order valence-corrected chi connectivity index (χ3v) is 5.12. The Labute approximate surface area is 162 Å². The lowest BCUT2D eigenvalue weighted by Crippen LogP contribution is -2.29. The monoisotopic (exact) mass is 379 g/mol. The molecule has 0 aliphatic carbocycles. The summed E-state index contributed by atoms with van der Waals surface area (Å²) in [5, 5.41) is 6.08. The zero-order chi connectivity index (χ0) is 19.5. The van der Waals surface area contributed by atoms with Crippen LogP contribution in [-0.4, -0.2) is 41.0 Å². The number of nitrogens with one attached hydrogen (secondary N) is 2. The molecule has 0 bridgehead atoms. The molecule has 0 atom stereocenters. The Bertz CT molecular complexity index is 1000. The largest absolute Gasteiger partial charge is 0.324 e. The van der Waals surface area contributed by atoms with Gasteiger partial charge in [-0.2, -0.15) is 0 Å². The molecule has 1 fully saturated rings.